The molecule has 2 heterocycles. The van der Waals surface area contributed by atoms with E-state index in [1.165, 1.54) is 0 Å². The van der Waals surface area contributed by atoms with Gasteiger partial charge in [-0.2, -0.15) is 5.10 Å². The largest absolute Gasteiger partial charge is 0.309 e. The normalized spacial score (nSPS) is 11.8. The summed E-state index contributed by atoms with van der Waals surface area (Å²) in [6.45, 7) is 6.30. The fraction of sp³-hybridized carbons (Fsp3) is 0.556. The zero-order chi connectivity index (χ0) is 9.59. The summed E-state index contributed by atoms with van der Waals surface area (Å²) in [6, 6.07) is 0.417. The average molecular weight is 178 g/mol. The van der Waals surface area contributed by atoms with Crippen LogP contribution in [0.4, 0.5) is 0 Å². The van der Waals surface area contributed by atoms with Gasteiger partial charge in [-0.3, -0.25) is 4.68 Å². The Morgan fingerprint density at radius 1 is 1.38 bits per heavy atom. The van der Waals surface area contributed by atoms with Crippen molar-refractivity contribution >= 4 is 11.2 Å². The first-order valence-corrected chi connectivity index (χ1v) is 4.48. The highest BCUT2D eigenvalue weighted by Crippen LogP contribution is 2.18. The van der Waals surface area contributed by atoms with Crippen LogP contribution in [0.15, 0.2) is 6.20 Å². The molecular formula is C9H14N4. The van der Waals surface area contributed by atoms with Crippen molar-refractivity contribution < 1.29 is 0 Å². The van der Waals surface area contributed by atoms with Gasteiger partial charge in [-0.25, -0.2) is 4.98 Å². The van der Waals surface area contributed by atoms with Crippen molar-refractivity contribution in [3.05, 3.63) is 12.0 Å². The van der Waals surface area contributed by atoms with Crippen LogP contribution in [0.5, 0.6) is 0 Å². The molecule has 0 saturated carbocycles. The second kappa shape index (κ2) is 2.58. The first kappa shape index (κ1) is 8.29. The summed E-state index contributed by atoms with van der Waals surface area (Å²) < 4.78 is 3.95. The second-order valence-corrected chi connectivity index (χ2v) is 3.63. The van der Waals surface area contributed by atoms with Gasteiger partial charge in [0.1, 0.15) is 11.3 Å². The molecule has 4 heteroatoms. The number of aromatic nitrogens is 4. The van der Waals surface area contributed by atoms with E-state index in [4.69, 9.17) is 0 Å². The Bertz CT molecular complexity index is 436. The monoisotopic (exact) mass is 178 g/mol. The van der Waals surface area contributed by atoms with Crippen LogP contribution in [0.1, 0.15) is 25.7 Å². The van der Waals surface area contributed by atoms with Crippen LogP contribution >= 0.6 is 0 Å². The zero-order valence-corrected chi connectivity index (χ0v) is 8.44. The van der Waals surface area contributed by atoms with Gasteiger partial charge < -0.3 is 4.57 Å². The van der Waals surface area contributed by atoms with Crippen LogP contribution in [0.3, 0.4) is 0 Å². The summed E-state index contributed by atoms with van der Waals surface area (Å²) in [5.41, 5.74) is 1.96. The van der Waals surface area contributed by atoms with Gasteiger partial charge in [-0.15, -0.1) is 0 Å². The van der Waals surface area contributed by atoms with Gasteiger partial charge in [0.15, 0.2) is 5.65 Å². The Morgan fingerprint density at radius 2 is 2.08 bits per heavy atom. The van der Waals surface area contributed by atoms with E-state index in [1.807, 2.05) is 20.2 Å². The van der Waals surface area contributed by atoms with Crippen LogP contribution < -0.4 is 0 Å². The highest BCUT2D eigenvalue weighted by atomic mass is 15.3. The van der Waals surface area contributed by atoms with Gasteiger partial charge in [0.25, 0.3) is 0 Å². The third-order valence-corrected chi connectivity index (χ3v) is 2.17. The molecule has 0 aromatic carbocycles. The van der Waals surface area contributed by atoms with E-state index >= 15 is 0 Å². The summed E-state index contributed by atoms with van der Waals surface area (Å²) in [7, 11) is 1.92. The van der Waals surface area contributed by atoms with E-state index in [2.05, 4.69) is 28.5 Å². The molecule has 0 saturated heterocycles. The van der Waals surface area contributed by atoms with E-state index in [0.29, 0.717) is 6.04 Å². The van der Waals surface area contributed by atoms with Crippen molar-refractivity contribution in [3.8, 4) is 0 Å². The van der Waals surface area contributed by atoms with Crippen molar-refractivity contribution in [2.24, 2.45) is 7.05 Å². The number of hydrogen-bond donors (Lipinski definition) is 0. The lowest BCUT2D eigenvalue weighted by molar-refractivity contribution is 0.588. The predicted octanol–water partition coefficient (Wildman–Crippen LogP) is 1.66. The number of aryl methyl sites for hydroxylation is 2. The topological polar surface area (TPSA) is 35.6 Å². The number of fused-ring (bicyclic) bond motifs is 1. The Labute approximate surface area is 77.2 Å². The summed E-state index contributed by atoms with van der Waals surface area (Å²) >= 11 is 0. The summed E-state index contributed by atoms with van der Waals surface area (Å²) in [6.07, 6.45) is 1.95. The fourth-order valence-electron chi connectivity index (χ4n) is 1.71. The maximum absolute atomic E-state index is 4.43. The molecule has 2 rings (SSSR count). The third kappa shape index (κ3) is 1.13. The fourth-order valence-corrected chi connectivity index (χ4v) is 1.71. The van der Waals surface area contributed by atoms with E-state index < -0.39 is 0 Å². The predicted molar refractivity (Wildman–Crippen MR) is 51.6 cm³/mol. The molecule has 2 aromatic heterocycles. The van der Waals surface area contributed by atoms with Gasteiger partial charge in [-0.05, 0) is 20.8 Å². The van der Waals surface area contributed by atoms with Gasteiger partial charge in [0.2, 0.25) is 0 Å². The third-order valence-electron chi connectivity index (χ3n) is 2.17. The van der Waals surface area contributed by atoms with Crippen molar-refractivity contribution in [3.63, 3.8) is 0 Å². The molecule has 2 aromatic rings. The molecule has 0 aliphatic heterocycles. The molecule has 0 aliphatic carbocycles. The lowest BCUT2D eigenvalue weighted by Gasteiger charge is -2.08. The summed E-state index contributed by atoms with van der Waals surface area (Å²) in [5, 5.41) is 4.37. The Hall–Kier alpha value is -1.32. The van der Waals surface area contributed by atoms with Gasteiger partial charge in [0, 0.05) is 13.1 Å². The SMILES string of the molecule is Cc1nc2cn(C)nc2n1C(C)C. The maximum atomic E-state index is 4.43. The van der Waals surface area contributed by atoms with E-state index in [1.54, 1.807) is 4.68 Å². The lowest BCUT2D eigenvalue weighted by atomic mass is 10.4. The van der Waals surface area contributed by atoms with Crippen molar-refractivity contribution in [1.82, 2.24) is 19.3 Å². The molecule has 0 unspecified atom stereocenters. The molecule has 0 aliphatic rings. The number of hydrogen-bond acceptors (Lipinski definition) is 2. The molecule has 0 atom stereocenters. The second-order valence-electron chi connectivity index (χ2n) is 3.63. The van der Waals surface area contributed by atoms with Gasteiger partial charge in [-0.1, -0.05) is 0 Å². The average Bonchev–Trinajstić information content (AvgIpc) is 2.41. The molecule has 0 amide bonds. The Morgan fingerprint density at radius 3 is 2.69 bits per heavy atom. The lowest BCUT2D eigenvalue weighted by Crippen LogP contribution is -2.04. The van der Waals surface area contributed by atoms with Gasteiger partial charge in [0.05, 0.1) is 6.20 Å². The molecule has 0 N–H and O–H groups in total. The summed E-state index contributed by atoms with van der Waals surface area (Å²) in [4.78, 5) is 4.43. The zero-order valence-electron chi connectivity index (χ0n) is 8.44. The highest BCUT2D eigenvalue weighted by Gasteiger charge is 2.12. The molecule has 13 heavy (non-hydrogen) atoms. The van der Waals surface area contributed by atoms with E-state index in [0.717, 1.165) is 17.0 Å². The van der Waals surface area contributed by atoms with Crippen LogP contribution in [0, 0.1) is 6.92 Å². The summed E-state index contributed by atoms with van der Waals surface area (Å²) in [5.74, 6) is 1.04. The minimum atomic E-state index is 0.417. The van der Waals surface area contributed by atoms with Crippen molar-refractivity contribution in [1.29, 1.82) is 0 Å². The number of nitrogens with zero attached hydrogens (tertiary/aromatic N) is 4. The first-order valence-electron chi connectivity index (χ1n) is 4.48. The molecular weight excluding hydrogens is 164 g/mol. The molecule has 0 bridgehead atoms. The number of rotatable bonds is 1. The minimum Gasteiger partial charge on any atom is -0.309 e. The van der Waals surface area contributed by atoms with Crippen LogP contribution in [-0.4, -0.2) is 19.3 Å². The molecule has 4 nitrogen and oxygen atoms in total. The highest BCUT2D eigenvalue weighted by molar-refractivity contribution is 5.70. The van der Waals surface area contributed by atoms with Crippen LogP contribution in [0.25, 0.3) is 11.2 Å². The molecule has 70 valence electrons. The number of imidazole rings is 1. The van der Waals surface area contributed by atoms with E-state index in [-0.39, 0.29) is 0 Å². The maximum Gasteiger partial charge on any atom is 0.182 e. The van der Waals surface area contributed by atoms with Crippen LogP contribution in [-0.2, 0) is 7.05 Å². The molecule has 0 fully saturated rings. The molecule has 0 spiro atoms. The van der Waals surface area contributed by atoms with E-state index in [9.17, 15) is 0 Å². The smallest absolute Gasteiger partial charge is 0.182 e. The quantitative estimate of drug-likeness (QED) is 0.665. The first-order chi connectivity index (χ1) is 6.09. The standard InChI is InChI=1S/C9H14N4/c1-6(2)13-7(3)10-8-5-12(4)11-9(8)13/h5-6H,1-4H3. The van der Waals surface area contributed by atoms with Gasteiger partial charge >= 0.3 is 0 Å². The molecule has 0 radical (unpaired) electrons. The van der Waals surface area contributed by atoms with Crippen molar-refractivity contribution in [2.75, 3.05) is 0 Å². The van der Waals surface area contributed by atoms with Crippen LogP contribution in [0.2, 0.25) is 0 Å². The minimum absolute atomic E-state index is 0.417. The Kier molecular flexibility index (Phi) is 1.65. The Balaban J connectivity index is 2.75. The van der Waals surface area contributed by atoms with Crippen molar-refractivity contribution in [2.45, 2.75) is 26.8 Å².